The van der Waals surface area contributed by atoms with Gasteiger partial charge in [0.05, 0.1) is 0 Å². The third kappa shape index (κ3) is 30.1. The van der Waals surface area contributed by atoms with E-state index in [1.54, 1.807) is 0 Å². The average molecular weight is 360 g/mol. The molecule has 0 saturated carbocycles. The number of hydrogen-bond acceptors (Lipinski definition) is 0. The van der Waals surface area contributed by atoms with Crippen LogP contribution in [0.15, 0.2) is 0 Å². The van der Waals surface area contributed by atoms with Gasteiger partial charge in [-0.3, -0.25) is 0 Å². The minimum atomic E-state index is 0. The first-order valence-electron chi connectivity index (χ1n) is 0. The van der Waals surface area contributed by atoms with E-state index in [2.05, 4.69) is 0 Å². The molecule has 0 aliphatic rings. The molecule has 0 aromatic carbocycles. The predicted octanol–water partition coefficient (Wildman–Crippen LogP) is -0.740. The largest absolute Gasteiger partial charge is 3.00 e. The summed E-state index contributed by atoms with van der Waals surface area (Å²) in [7, 11) is 0. The summed E-state index contributed by atoms with van der Waals surface area (Å²) in [6.45, 7) is 0. The Morgan fingerprint density at radius 1 is 0.600 bits per heavy atom. The number of hydrogen-bond donors (Lipinski definition) is 0. The maximum Gasteiger partial charge on any atom is 3.00 e. The van der Waals surface area contributed by atoms with Gasteiger partial charge >= 0.3 is 48.2 Å². The third-order valence-electron chi connectivity index (χ3n) is 0. The first kappa shape index (κ1) is 88.1. The summed E-state index contributed by atoms with van der Waals surface area (Å²) in [5.74, 6) is 0. The van der Waals surface area contributed by atoms with E-state index in [4.69, 9.17) is 0 Å². The fourth-order valence-corrected chi connectivity index (χ4v) is 0. The van der Waals surface area contributed by atoms with Crippen molar-refractivity contribution in [2.45, 2.75) is 0 Å². The van der Waals surface area contributed by atoms with Gasteiger partial charge in [0.15, 0.2) is 0 Å². The summed E-state index contributed by atoms with van der Waals surface area (Å²) in [4.78, 5) is 0. The Bertz CT molecular complexity index is 6.85. The fourth-order valence-electron chi connectivity index (χ4n) is 0. The molecule has 32 valence electrons. The first-order valence-corrected chi connectivity index (χ1v) is 0. The van der Waals surface area contributed by atoms with Crippen LogP contribution in [0.25, 0.3) is 0 Å². The van der Waals surface area contributed by atoms with Gasteiger partial charge in [-0.15, -0.1) is 0 Å². The molecule has 0 aromatic rings. The van der Waals surface area contributed by atoms with Crippen molar-refractivity contribution in [2.75, 3.05) is 0 Å². The van der Waals surface area contributed by atoms with Crippen molar-refractivity contribution in [3.8, 4) is 0 Å². The topological polar surface area (TPSA) is 85.5 Å². The van der Waals surface area contributed by atoms with E-state index in [1.807, 2.05) is 0 Å². The quantitative estimate of drug-likeness (QED) is 0.510. The van der Waals surface area contributed by atoms with E-state index in [9.17, 15) is 0 Å². The van der Waals surface area contributed by atoms with Crippen LogP contribution in [0.1, 0.15) is 0 Å². The minimum Gasteiger partial charge on any atom is -2.00 e. The average Bonchev–Trinajstić information content (AvgIpc) is 0. The molecule has 0 amide bonds. The second-order valence-corrected chi connectivity index (χ2v) is 0. The monoisotopic (exact) mass is 360 g/mol. The molecule has 0 aliphatic carbocycles. The van der Waals surface area contributed by atoms with Crippen LogP contribution in [0.4, 0.5) is 0 Å². The molecule has 0 heterocycles. The molecule has 0 aliphatic heterocycles. The van der Waals surface area contributed by atoms with Gasteiger partial charge in [-0.2, -0.15) is 0 Å². The molecule has 3 nitrogen and oxygen atoms in total. The maximum atomic E-state index is 0. The molecule has 0 atom stereocenters. The minimum absolute atomic E-state index is 0. The van der Waals surface area contributed by atoms with E-state index in [0.29, 0.717) is 0 Å². The summed E-state index contributed by atoms with van der Waals surface area (Å²) in [5, 5.41) is 0. The van der Waals surface area contributed by atoms with E-state index >= 15 is 0 Å². The van der Waals surface area contributed by atoms with Crippen LogP contribution in [0, 0.1) is 0 Å². The third-order valence-corrected chi connectivity index (χ3v) is 0. The van der Waals surface area contributed by atoms with Crippen molar-refractivity contribution in [3.05, 3.63) is 0 Å². The number of rotatable bonds is 0. The van der Waals surface area contributed by atoms with Gasteiger partial charge in [0, 0.05) is 0 Å². The molecule has 0 rings (SSSR count). The summed E-state index contributed by atoms with van der Waals surface area (Å²) in [5.41, 5.74) is 0. The van der Waals surface area contributed by atoms with Gasteiger partial charge in [0.2, 0.25) is 0 Å². The smallest absolute Gasteiger partial charge is 2.00 e. The predicted molar refractivity (Wildman–Crippen MR) is 7.81 cm³/mol. The van der Waals surface area contributed by atoms with Crippen LogP contribution in [0.2, 0.25) is 0 Å². The van der Waals surface area contributed by atoms with Gasteiger partial charge < -0.3 is 16.4 Å². The van der Waals surface area contributed by atoms with Crippen LogP contribution in [-0.2, 0) is 38.8 Å². The molecule has 5 heavy (non-hydrogen) atoms. The molecule has 0 unspecified atom stereocenters. The fraction of sp³-hybridized carbons (Fsp3) is 0. The first-order chi connectivity index (χ1) is 0. The van der Waals surface area contributed by atoms with Crippen LogP contribution < -0.4 is 0 Å². The van der Waals surface area contributed by atoms with Gasteiger partial charge in [0.1, 0.15) is 0 Å². The molecular weight excluding hydrogens is 360 g/mol. The van der Waals surface area contributed by atoms with Gasteiger partial charge in [-0.25, -0.2) is 0 Å². The van der Waals surface area contributed by atoms with Gasteiger partial charge in [-0.05, 0) is 0 Å². The summed E-state index contributed by atoms with van der Waals surface area (Å²) in [6.07, 6.45) is 0. The van der Waals surface area contributed by atoms with Crippen molar-refractivity contribution >= 4 is 25.8 Å². The van der Waals surface area contributed by atoms with Crippen molar-refractivity contribution in [3.63, 3.8) is 0 Å². The summed E-state index contributed by atoms with van der Waals surface area (Å²) < 4.78 is 0. The SMILES string of the molecule is [Au+3].[In+3].[O-2].[O-2].[O-2]. The second kappa shape index (κ2) is 49.8. The molecule has 0 saturated heterocycles. The van der Waals surface area contributed by atoms with Gasteiger partial charge in [-0.1, -0.05) is 0 Å². The maximum absolute atomic E-state index is 0. The van der Waals surface area contributed by atoms with Gasteiger partial charge in [0.25, 0.3) is 0 Å². The van der Waals surface area contributed by atoms with Crippen LogP contribution >= 0.6 is 0 Å². The van der Waals surface area contributed by atoms with Crippen molar-refractivity contribution < 1.29 is 38.8 Å². The van der Waals surface area contributed by atoms with E-state index in [-0.39, 0.29) is 64.7 Å². The van der Waals surface area contributed by atoms with E-state index in [1.165, 1.54) is 0 Å². The molecule has 0 fully saturated rings. The second-order valence-electron chi connectivity index (χ2n) is 0. The Hall–Kier alpha value is 1.49. The molecular formula is AuInO3. The van der Waals surface area contributed by atoms with Crippen LogP contribution in [0.5, 0.6) is 0 Å². The normalized spacial score (nSPS) is 0. The standard InChI is InChI=1S/Au.In.3O/q2*+3;3*-2. The zero-order chi connectivity index (χ0) is 0. The molecule has 0 aromatic heterocycles. The Morgan fingerprint density at radius 2 is 0.600 bits per heavy atom. The summed E-state index contributed by atoms with van der Waals surface area (Å²) >= 11 is 0. The molecule has 0 radical (unpaired) electrons. The van der Waals surface area contributed by atoms with Crippen molar-refractivity contribution in [1.29, 1.82) is 0 Å². The Kier molecular flexibility index (Phi) is 878. The van der Waals surface area contributed by atoms with Crippen molar-refractivity contribution in [1.82, 2.24) is 0 Å². The van der Waals surface area contributed by atoms with E-state index in [0.717, 1.165) is 0 Å². The zero-order valence-corrected chi connectivity index (χ0v) is 7.57. The van der Waals surface area contributed by atoms with Crippen molar-refractivity contribution in [2.24, 2.45) is 0 Å². The van der Waals surface area contributed by atoms with Crippen LogP contribution in [-0.4, -0.2) is 25.8 Å². The molecule has 0 bridgehead atoms. The molecule has 0 spiro atoms. The Labute approximate surface area is 64.4 Å². The summed E-state index contributed by atoms with van der Waals surface area (Å²) in [6, 6.07) is 0. The van der Waals surface area contributed by atoms with E-state index < -0.39 is 0 Å². The Morgan fingerprint density at radius 3 is 0.600 bits per heavy atom. The zero-order valence-electron chi connectivity index (χ0n) is 2.10. The molecule has 5 heteroatoms. The Balaban J connectivity index is 0. The van der Waals surface area contributed by atoms with Crippen LogP contribution in [0.3, 0.4) is 0 Å². The molecule has 0 N–H and O–H groups in total.